The molecule has 0 saturated carbocycles. The van der Waals surface area contributed by atoms with Crippen molar-refractivity contribution in [3.05, 3.63) is 65.7 Å². The first-order chi connectivity index (χ1) is 45.3. The zero-order valence-corrected chi connectivity index (χ0v) is 59.2. The molecule has 11 N–H and O–H groups in total. The van der Waals surface area contributed by atoms with Gasteiger partial charge in [0.15, 0.2) is 0 Å². The molecule has 27 heteroatoms. The average Bonchev–Trinajstić information content (AvgIpc) is 1.37. The Bertz CT molecular complexity index is 2890. The number of piperidine rings is 1. The minimum atomic E-state index is -1.15. The van der Waals surface area contributed by atoms with Gasteiger partial charge in [-0.1, -0.05) is 111 Å². The summed E-state index contributed by atoms with van der Waals surface area (Å²) in [6.07, 6.45) is 1.01. The number of aliphatic carboxylic acids is 1. The van der Waals surface area contributed by atoms with Crippen LogP contribution in [0.5, 0.6) is 0 Å². The fourth-order valence-electron chi connectivity index (χ4n) is 12.9. The summed E-state index contributed by atoms with van der Waals surface area (Å²) in [5, 5.41) is 30.7. The van der Waals surface area contributed by atoms with Crippen molar-refractivity contribution in [3.8, 4) is 0 Å². The van der Waals surface area contributed by atoms with Crippen LogP contribution in [0.1, 0.15) is 145 Å². The number of methoxy groups -OCH3 is 2. The van der Waals surface area contributed by atoms with Crippen molar-refractivity contribution in [2.75, 3.05) is 60.3 Å². The van der Waals surface area contributed by atoms with E-state index in [0.29, 0.717) is 56.4 Å². The summed E-state index contributed by atoms with van der Waals surface area (Å²) in [6.45, 7) is 19.5. The Morgan fingerprint density at radius 1 is 0.688 bits per heavy atom. The number of urea groups is 1. The van der Waals surface area contributed by atoms with Crippen molar-refractivity contribution in [1.82, 2.24) is 57.0 Å². The molecule has 27 nitrogen and oxygen atoms in total. The van der Waals surface area contributed by atoms with Crippen LogP contribution in [0, 0.1) is 35.5 Å². The molecular weight excluding hydrogens is 1230 g/mol. The van der Waals surface area contributed by atoms with E-state index < -0.39 is 120 Å². The highest BCUT2D eigenvalue weighted by Gasteiger charge is 2.44. The van der Waals surface area contributed by atoms with Gasteiger partial charge in [0, 0.05) is 78.4 Å². The first-order valence-corrected chi connectivity index (χ1v) is 33.9. The lowest BCUT2D eigenvalue weighted by Crippen LogP contribution is -2.59. The number of likely N-dealkylation sites (N-methyl/N-ethyl adjacent to an activating group) is 2. The predicted octanol–water partition coefficient (Wildman–Crippen LogP) is 3.69. The number of hydrogen-bond acceptors (Lipinski definition) is 15. The van der Waals surface area contributed by atoms with Gasteiger partial charge in [0.05, 0.1) is 48.6 Å². The number of nitrogens with two attached hydrogens (primary N) is 1. The number of nitrogens with zero attached hydrogens (tertiary/aromatic N) is 4. The lowest BCUT2D eigenvalue weighted by atomic mass is 9.89. The summed E-state index contributed by atoms with van der Waals surface area (Å²) in [7, 11) is 8.38. The fraction of sp³-hybridized carbons (Fsp3) is 0.667. The molecular formula is C69H111N13O14. The first-order valence-electron chi connectivity index (χ1n) is 33.9. The summed E-state index contributed by atoms with van der Waals surface area (Å²) in [6, 6.07) is 9.21. The molecule has 0 spiro atoms. The van der Waals surface area contributed by atoms with E-state index in [9.17, 15) is 57.8 Å². The second kappa shape index (κ2) is 39.5. The molecule has 2 aliphatic rings. The molecule has 11 amide bonds. The van der Waals surface area contributed by atoms with Crippen molar-refractivity contribution >= 4 is 70.9 Å². The molecule has 2 aliphatic heterocycles. The normalized spacial score (nSPS) is 18.9. The SMILES string of the molecule is CC[C@H](C)[C@@H]([C@@H](CC(=O)N1CCC[C@H]1[C@H](OC)[C@@H](C)C(=O)N[C@@H](Cc1ccccc1)C(=O)NCc1ccc(NC(=O)[C@H](CCCNC(N)=O)NC(=O)[C@@H](NC(=O)CCC(=O)NN2CC[C@H](C(=O)O)C[C@@H]2C)C(C)C)cc1)OC)N(C)C(=O)[C@@H](NC(=O)[C@H](C(C)C)N(C)C)C(C)C. The first kappa shape index (κ1) is 80.7. The van der Waals surface area contributed by atoms with Crippen LogP contribution >= 0.6 is 0 Å². The molecule has 2 aromatic rings. The van der Waals surface area contributed by atoms with E-state index in [-0.39, 0.29) is 93.1 Å². The smallest absolute Gasteiger partial charge is 0.312 e. The lowest BCUT2D eigenvalue weighted by molar-refractivity contribution is -0.148. The molecule has 2 heterocycles. The summed E-state index contributed by atoms with van der Waals surface area (Å²) < 4.78 is 12.2. The maximum absolute atomic E-state index is 14.6. The zero-order valence-electron chi connectivity index (χ0n) is 59.2. The van der Waals surface area contributed by atoms with Gasteiger partial charge in [-0.25, -0.2) is 9.80 Å². The number of anilines is 1. The van der Waals surface area contributed by atoms with Gasteiger partial charge in [-0.2, -0.15) is 0 Å². The number of nitrogens with one attached hydrogen (secondary N) is 8. The van der Waals surface area contributed by atoms with E-state index in [2.05, 4.69) is 42.6 Å². The molecule has 96 heavy (non-hydrogen) atoms. The molecule has 0 bridgehead atoms. The number of rotatable bonds is 38. The van der Waals surface area contributed by atoms with Crippen LogP contribution in [-0.2, 0) is 70.4 Å². The van der Waals surface area contributed by atoms with Crippen LogP contribution in [0.2, 0.25) is 0 Å². The highest BCUT2D eigenvalue weighted by atomic mass is 16.5. The molecule has 0 aliphatic carbocycles. The van der Waals surface area contributed by atoms with E-state index in [1.54, 1.807) is 66.9 Å². The minimum absolute atomic E-state index is 0.00869. The van der Waals surface area contributed by atoms with Crippen molar-refractivity contribution in [3.63, 3.8) is 0 Å². The highest BCUT2D eigenvalue weighted by molar-refractivity contribution is 5.99. The number of carboxylic acid groups (broad SMARTS) is 1. The van der Waals surface area contributed by atoms with E-state index in [1.165, 1.54) is 14.2 Å². The van der Waals surface area contributed by atoms with Gasteiger partial charge in [-0.15, -0.1) is 0 Å². The largest absolute Gasteiger partial charge is 0.481 e. The summed E-state index contributed by atoms with van der Waals surface area (Å²) >= 11 is 0. The molecule has 4 rings (SSSR count). The van der Waals surface area contributed by atoms with E-state index in [0.717, 1.165) is 5.56 Å². The molecule has 2 fully saturated rings. The third-order valence-electron chi connectivity index (χ3n) is 18.5. The Morgan fingerprint density at radius 3 is 1.89 bits per heavy atom. The third kappa shape index (κ3) is 24.4. The van der Waals surface area contributed by atoms with Crippen molar-refractivity contribution in [2.24, 2.45) is 41.2 Å². The van der Waals surface area contributed by atoms with Gasteiger partial charge in [-0.3, -0.25) is 58.3 Å². The van der Waals surface area contributed by atoms with Crippen molar-refractivity contribution in [1.29, 1.82) is 0 Å². The second-order valence-electron chi connectivity index (χ2n) is 27.0. The average molecular weight is 1350 g/mol. The van der Waals surface area contributed by atoms with Gasteiger partial charge >= 0.3 is 12.0 Å². The molecule has 2 saturated heterocycles. The lowest BCUT2D eigenvalue weighted by Gasteiger charge is -2.41. The van der Waals surface area contributed by atoms with E-state index in [1.807, 2.05) is 97.8 Å². The van der Waals surface area contributed by atoms with Gasteiger partial charge in [0.25, 0.3) is 0 Å². The summed E-state index contributed by atoms with van der Waals surface area (Å²) in [5.41, 5.74) is 9.79. The summed E-state index contributed by atoms with van der Waals surface area (Å²) in [4.78, 5) is 153. The highest BCUT2D eigenvalue weighted by Crippen LogP contribution is 2.30. The van der Waals surface area contributed by atoms with Crippen LogP contribution in [0.4, 0.5) is 10.5 Å². The molecule has 0 radical (unpaired) electrons. The van der Waals surface area contributed by atoms with Crippen molar-refractivity contribution in [2.45, 2.75) is 207 Å². The molecule has 0 aromatic heterocycles. The monoisotopic (exact) mass is 1350 g/mol. The number of primary amides is 1. The maximum Gasteiger partial charge on any atom is 0.312 e. The number of hydrazine groups is 1. The predicted molar refractivity (Wildman–Crippen MR) is 364 cm³/mol. The number of amides is 11. The van der Waals surface area contributed by atoms with Crippen LogP contribution in [0.25, 0.3) is 0 Å². The van der Waals surface area contributed by atoms with Gasteiger partial charge in [0.1, 0.15) is 24.2 Å². The number of carbonyl (C=O) groups excluding carboxylic acids is 10. The van der Waals surface area contributed by atoms with Crippen LogP contribution in [0.3, 0.4) is 0 Å². The van der Waals surface area contributed by atoms with Crippen LogP contribution in [-0.4, -0.2) is 206 Å². The van der Waals surface area contributed by atoms with E-state index in [4.69, 9.17) is 15.2 Å². The maximum atomic E-state index is 14.6. The molecule has 13 atom stereocenters. The topological polar surface area (TPSA) is 362 Å². The number of likely N-dealkylation sites (tertiary alicyclic amines) is 1. The third-order valence-corrected chi connectivity index (χ3v) is 18.5. The number of carboxylic acids is 1. The van der Waals surface area contributed by atoms with Gasteiger partial charge in [0.2, 0.25) is 53.2 Å². The van der Waals surface area contributed by atoms with Gasteiger partial charge in [-0.05, 0) is 106 Å². The Morgan fingerprint density at radius 2 is 1.32 bits per heavy atom. The molecule has 2 aromatic carbocycles. The quantitative estimate of drug-likeness (QED) is 0.0429. The Balaban J connectivity index is 1.43. The number of hydrogen-bond donors (Lipinski definition) is 10. The Hall–Kier alpha value is -7.75. The standard InChI is InChI=1S/C69H111N13O14/c1-16-43(8)60(80(13)67(91)58(41(4)5)77-66(90)59(42(6)7)79(11)12)53(95-14)38-56(85)81-34-21-25-52(81)61(96-15)45(10)62(86)75-51(37-46-22-18-17-19-23-46)63(87)72-39-47-26-28-49(29-27-47)73-64(88)50(24-20-33-71-69(70)94)74-65(89)57(40(2)3)76-54(83)30-31-55(84)78-82-35-32-48(68(92)93)36-44(82)9/h17-19,22-23,26-29,40-45,48,50-53,57-61H,16,20-21,24-25,30-39H2,1-15H3,(H,72,87)(H,73,88)(H,74,89)(H,75,86)(H,76,83)(H,77,90)(H,78,84)(H,92,93)(H3,70,71,94)/t43-,44-,45+,48-,50-,51-,52-,53+,57-,58-,59-,60-,61+/m0/s1. The number of ether oxygens (including phenoxy) is 2. The summed E-state index contributed by atoms with van der Waals surface area (Å²) in [5.74, 6) is -7.02. The molecule has 536 valence electrons. The van der Waals surface area contributed by atoms with Crippen LogP contribution in [0.15, 0.2) is 54.6 Å². The van der Waals surface area contributed by atoms with Crippen LogP contribution < -0.4 is 48.4 Å². The Labute approximate surface area is 567 Å². The number of carbonyl (C=O) groups is 11. The van der Waals surface area contributed by atoms with E-state index >= 15 is 0 Å². The van der Waals surface area contributed by atoms with Crippen molar-refractivity contribution < 1.29 is 67.3 Å². The zero-order chi connectivity index (χ0) is 71.7. The fourth-order valence-corrected chi connectivity index (χ4v) is 12.9. The number of benzene rings is 2. The minimum Gasteiger partial charge on any atom is -0.481 e. The second-order valence-corrected chi connectivity index (χ2v) is 27.0. The van der Waals surface area contributed by atoms with Gasteiger partial charge < -0.3 is 67.3 Å². The molecule has 0 unspecified atom stereocenters. The Kier molecular flexibility index (Phi) is 33.2.